The van der Waals surface area contributed by atoms with E-state index in [1.54, 1.807) is 6.92 Å². The summed E-state index contributed by atoms with van der Waals surface area (Å²) in [6.45, 7) is 2.46. The summed E-state index contributed by atoms with van der Waals surface area (Å²) in [5, 5.41) is 17.1. The predicted octanol–water partition coefficient (Wildman–Crippen LogP) is 1.38. The molecule has 1 aromatic rings. The maximum Gasteiger partial charge on any atom is 0.257 e. The molecule has 0 bridgehead atoms. The van der Waals surface area contributed by atoms with Gasteiger partial charge in [0.05, 0.1) is 11.2 Å². The van der Waals surface area contributed by atoms with Gasteiger partial charge in [0.15, 0.2) is 10.3 Å². The third kappa shape index (κ3) is 2.68. The van der Waals surface area contributed by atoms with Crippen LogP contribution in [0.15, 0.2) is 6.07 Å². The number of carbonyl (C=O) groups excluding carboxylic acids is 1. The van der Waals surface area contributed by atoms with E-state index in [9.17, 15) is 9.90 Å². The molecule has 1 amide bonds. The quantitative estimate of drug-likeness (QED) is 0.841. The number of carbonyl (C=O) groups is 1. The van der Waals surface area contributed by atoms with Gasteiger partial charge in [-0.3, -0.25) is 4.79 Å². The Morgan fingerprint density at radius 1 is 1.53 bits per heavy atom. The Labute approximate surface area is 108 Å². The summed E-state index contributed by atoms with van der Waals surface area (Å²) < 4.78 is 0. The van der Waals surface area contributed by atoms with Crippen molar-refractivity contribution in [3.63, 3.8) is 0 Å². The Balaban J connectivity index is 2.23. The summed E-state index contributed by atoms with van der Waals surface area (Å²) in [5.74, 6) is -0.287. The summed E-state index contributed by atoms with van der Waals surface area (Å²) in [7, 11) is 0. The average Bonchev–Trinajstić information content (AvgIpc) is 2.61. The second-order valence-corrected chi connectivity index (χ2v) is 5.09. The number of hydrogen-bond acceptors (Lipinski definition) is 4. The number of β-amino-alcohol motifs (C(OH)–C–C–N with tert-alkyl or cyclic N) is 1. The van der Waals surface area contributed by atoms with E-state index in [1.807, 2.05) is 0 Å². The van der Waals surface area contributed by atoms with Crippen molar-refractivity contribution in [3.05, 3.63) is 21.9 Å². The standard InChI is InChI=1S/C10H11Cl2N3O2/c1-10(17)2-3-15(5-10)9(16)6-4-7(11)13-14-8(6)12/h4,17H,2-3,5H2,1H3. The number of nitrogens with zero attached hydrogens (tertiary/aromatic N) is 3. The number of amides is 1. The van der Waals surface area contributed by atoms with Gasteiger partial charge in [-0.2, -0.15) is 0 Å². The third-order valence-electron chi connectivity index (χ3n) is 2.69. The lowest BCUT2D eigenvalue weighted by Crippen LogP contribution is -2.34. The first-order valence-electron chi connectivity index (χ1n) is 5.09. The smallest absolute Gasteiger partial charge is 0.257 e. The van der Waals surface area contributed by atoms with E-state index in [1.165, 1.54) is 11.0 Å². The Morgan fingerprint density at radius 2 is 2.24 bits per heavy atom. The van der Waals surface area contributed by atoms with Gasteiger partial charge >= 0.3 is 0 Å². The fourth-order valence-corrected chi connectivity index (χ4v) is 2.11. The molecule has 0 aliphatic carbocycles. The maximum absolute atomic E-state index is 12.1. The zero-order valence-electron chi connectivity index (χ0n) is 9.15. The zero-order valence-corrected chi connectivity index (χ0v) is 10.7. The molecule has 7 heteroatoms. The molecule has 92 valence electrons. The average molecular weight is 276 g/mol. The fraction of sp³-hybridized carbons (Fsp3) is 0.500. The summed E-state index contributed by atoms with van der Waals surface area (Å²) in [4.78, 5) is 13.6. The molecule has 1 fully saturated rings. The summed E-state index contributed by atoms with van der Waals surface area (Å²) in [6, 6.07) is 1.38. The summed E-state index contributed by atoms with van der Waals surface area (Å²) in [6.07, 6.45) is 0.544. The lowest BCUT2D eigenvalue weighted by Gasteiger charge is -2.19. The molecule has 1 aromatic heterocycles. The van der Waals surface area contributed by atoms with Gasteiger partial charge < -0.3 is 10.0 Å². The lowest BCUT2D eigenvalue weighted by molar-refractivity contribution is 0.0572. The minimum Gasteiger partial charge on any atom is -0.388 e. The monoisotopic (exact) mass is 275 g/mol. The maximum atomic E-state index is 12.1. The molecule has 1 atom stereocenters. The topological polar surface area (TPSA) is 66.3 Å². The number of hydrogen-bond donors (Lipinski definition) is 1. The highest BCUT2D eigenvalue weighted by Gasteiger charge is 2.35. The zero-order chi connectivity index (χ0) is 12.6. The van der Waals surface area contributed by atoms with E-state index in [4.69, 9.17) is 23.2 Å². The van der Waals surface area contributed by atoms with Crippen LogP contribution in [0.1, 0.15) is 23.7 Å². The van der Waals surface area contributed by atoms with E-state index >= 15 is 0 Å². The van der Waals surface area contributed by atoms with Gasteiger partial charge in [0, 0.05) is 13.1 Å². The van der Waals surface area contributed by atoms with E-state index in [0.29, 0.717) is 13.0 Å². The Bertz CT molecular complexity index is 465. The molecule has 0 spiro atoms. The second kappa shape index (κ2) is 4.40. The molecule has 1 unspecified atom stereocenters. The van der Waals surface area contributed by atoms with Gasteiger partial charge in [0.1, 0.15) is 0 Å². The summed E-state index contributed by atoms with van der Waals surface area (Å²) in [5.41, 5.74) is -0.629. The first-order valence-corrected chi connectivity index (χ1v) is 5.85. The van der Waals surface area contributed by atoms with Gasteiger partial charge in [-0.1, -0.05) is 23.2 Å². The predicted molar refractivity (Wildman–Crippen MR) is 63.2 cm³/mol. The first-order chi connectivity index (χ1) is 7.89. The molecule has 2 rings (SSSR count). The second-order valence-electron chi connectivity index (χ2n) is 4.35. The fourth-order valence-electron chi connectivity index (χ4n) is 1.79. The van der Waals surface area contributed by atoms with Crippen LogP contribution in [-0.2, 0) is 0 Å². The minimum atomic E-state index is -0.841. The van der Waals surface area contributed by atoms with Crippen LogP contribution in [0.25, 0.3) is 0 Å². The van der Waals surface area contributed by atoms with E-state index < -0.39 is 5.60 Å². The van der Waals surface area contributed by atoms with Crippen LogP contribution in [-0.4, -0.2) is 44.8 Å². The van der Waals surface area contributed by atoms with Gasteiger partial charge in [0.2, 0.25) is 0 Å². The van der Waals surface area contributed by atoms with E-state index in [0.717, 1.165) is 0 Å². The third-order valence-corrected chi connectivity index (χ3v) is 3.15. The Morgan fingerprint density at radius 3 is 2.82 bits per heavy atom. The van der Waals surface area contributed by atoms with E-state index in [-0.39, 0.29) is 28.3 Å². The molecule has 0 aromatic carbocycles. The molecular weight excluding hydrogens is 265 g/mol. The van der Waals surface area contributed by atoms with Crippen LogP contribution in [0.2, 0.25) is 10.3 Å². The SMILES string of the molecule is CC1(O)CCN(C(=O)c2cc(Cl)nnc2Cl)C1. The highest BCUT2D eigenvalue weighted by Crippen LogP contribution is 2.24. The Kier molecular flexibility index (Phi) is 3.25. The number of halogens is 2. The van der Waals surface area contributed by atoms with Gasteiger partial charge in [-0.25, -0.2) is 0 Å². The molecule has 0 radical (unpaired) electrons. The van der Waals surface area contributed by atoms with Crippen molar-refractivity contribution in [3.8, 4) is 0 Å². The Hall–Kier alpha value is -0.910. The summed E-state index contributed by atoms with van der Waals surface area (Å²) >= 11 is 11.5. The van der Waals surface area contributed by atoms with Crippen molar-refractivity contribution >= 4 is 29.1 Å². The normalized spacial score (nSPS) is 24.1. The van der Waals surface area contributed by atoms with Crippen LogP contribution >= 0.6 is 23.2 Å². The van der Waals surface area contributed by atoms with Crippen molar-refractivity contribution in [2.75, 3.05) is 13.1 Å². The minimum absolute atomic E-state index is 0.0194. The van der Waals surface area contributed by atoms with Crippen LogP contribution in [0, 0.1) is 0 Å². The molecular formula is C10H11Cl2N3O2. The van der Waals surface area contributed by atoms with Crippen LogP contribution < -0.4 is 0 Å². The molecule has 0 saturated carbocycles. The number of likely N-dealkylation sites (tertiary alicyclic amines) is 1. The number of aliphatic hydroxyl groups is 1. The van der Waals surface area contributed by atoms with Crippen molar-refractivity contribution in [1.82, 2.24) is 15.1 Å². The largest absolute Gasteiger partial charge is 0.388 e. The number of rotatable bonds is 1. The molecule has 2 heterocycles. The van der Waals surface area contributed by atoms with Crippen molar-refractivity contribution < 1.29 is 9.90 Å². The molecule has 1 aliphatic rings. The van der Waals surface area contributed by atoms with Gasteiger partial charge in [-0.15, -0.1) is 10.2 Å². The van der Waals surface area contributed by atoms with Crippen LogP contribution in [0.4, 0.5) is 0 Å². The molecule has 5 nitrogen and oxygen atoms in total. The molecule has 1 N–H and O–H groups in total. The molecule has 1 saturated heterocycles. The lowest BCUT2D eigenvalue weighted by atomic mass is 10.1. The molecule has 17 heavy (non-hydrogen) atoms. The van der Waals surface area contributed by atoms with Crippen molar-refractivity contribution in [2.24, 2.45) is 0 Å². The van der Waals surface area contributed by atoms with Crippen molar-refractivity contribution in [2.45, 2.75) is 18.9 Å². The van der Waals surface area contributed by atoms with Crippen molar-refractivity contribution in [1.29, 1.82) is 0 Å². The van der Waals surface area contributed by atoms with Crippen LogP contribution in [0.3, 0.4) is 0 Å². The first kappa shape index (κ1) is 12.5. The van der Waals surface area contributed by atoms with Gasteiger partial charge in [0.25, 0.3) is 5.91 Å². The number of aromatic nitrogens is 2. The highest BCUT2D eigenvalue weighted by atomic mass is 35.5. The highest BCUT2D eigenvalue weighted by molar-refractivity contribution is 6.34. The molecule has 1 aliphatic heterocycles. The van der Waals surface area contributed by atoms with E-state index in [2.05, 4.69) is 10.2 Å². The van der Waals surface area contributed by atoms with Gasteiger partial charge in [-0.05, 0) is 19.4 Å². The van der Waals surface area contributed by atoms with Crippen LogP contribution in [0.5, 0.6) is 0 Å².